The molecule has 0 aromatic rings. The number of hydrogen-bond donors (Lipinski definition) is 0. The van der Waals surface area contributed by atoms with Gasteiger partial charge in [-0.05, 0) is 116 Å². The topological polar surface area (TPSA) is 78.9 Å². The van der Waals surface area contributed by atoms with E-state index in [2.05, 4.69) is 106 Å². The first kappa shape index (κ1) is 66.6. The molecular weight excluding hydrogens is 865 g/mol. The fourth-order valence-corrected chi connectivity index (χ4v) is 8.16. The number of unbranched alkanes of at least 4 members (excludes halogenated alkanes) is 28. The zero-order chi connectivity index (χ0) is 50.7. The molecule has 0 radical (unpaired) electrons. The molecule has 6 nitrogen and oxygen atoms in total. The molecule has 0 aromatic carbocycles. The highest BCUT2D eigenvalue weighted by Crippen LogP contribution is 2.15. The highest BCUT2D eigenvalue weighted by molar-refractivity contribution is 5.71. The molecule has 0 fully saturated rings. The van der Waals surface area contributed by atoms with Gasteiger partial charge in [0, 0.05) is 19.3 Å². The summed E-state index contributed by atoms with van der Waals surface area (Å²) in [6, 6.07) is 0. The Hall–Kier alpha value is -3.41. The normalized spacial score (nSPS) is 12.7. The van der Waals surface area contributed by atoms with Crippen molar-refractivity contribution in [3.05, 3.63) is 85.1 Å². The number of carbonyl (C=O) groups excluding carboxylic acids is 3. The molecule has 0 aliphatic rings. The van der Waals surface area contributed by atoms with Gasteiger partial charge in [-0.3, -0.25) is 14.4 Å². The number of rotatable bonds is 53. The molecule has 1 unspecified atom stereocenters. The van der Waals surface area contributed by atoms with Crippen molar-refractivity contribution in [1.29, 1.82) is 0 Å². The van der Waals surface area contributed by atoms with Crippen LogP contribution in [0.1, 0.15) is 284 Å². The van der Waals surface area contributed by atoms with E-state index in [-0.39, 0.29) is 31.1 Å². The number of ether oxygens (including phenoxy) is 3. The lowest BCUT2D eigenvalue weighted by Crippen LogP contribution is -2.30. The lowest BCUT2D eigenvalue weighted by molar-refractivity contribution is -0.167. The Morgan fingerprint density at radius 2 is 0.557 bits per heavy atom. The third kappa shape index (κ3) is 55.5. The van der Waals surface area contributed by atoms with Crippen LogP contribution in [-0.4, -0.2) is 37.2 Å². The predicted molar refractivity (Wildman–Crippen MR) is 302 cm³/mol. The van der Waals surface area contributed by atoms with Gasteiger partial charge in [0.2, 0.25) is 0 Å². The fourth-order valence-electron chi connectivity index (χ4n) is 8.16. The maximum Gasteiger partial charge on any atom is 0.306 e. The van der Waals surface area contributed by atoms with E-state index >= 15 is 0 Å². The van der Waals surface area contributed by atoms with Gasteiger partial charge in [0.15, 0.2) is 6.10 Å². The molecule has 0 heterocycles. The summed E-state index contributed by atoms with van der Waals surface area (Å²) >= 11 is 0. The van der Waals surface area contributed by atoms with E-state index in [9.17, 15) is 14.4 Å². The first-order valence-corrected chi connectivity index (χ1v) is 29.6. The fraction of sp³-hybridized carbons (Fsp3) is 0.734. The maximum absolute atomic E-state index is 12.9. The predicted octanol–water partition coefficient (Wildman–Crippen LogP) is 19.9. The maximum atomic E-state index is 12.9. The zero-order valence-electron chi connectivity index (χ0n) is 46.0. The highest BCUT2D eigenvalue weighted by Gasteiger charge is 2.19. The Morgan fingerprint density at radius 3 is 0.900 bits per heavy atom. The Morgan fingerprint density at radius 1 is 0.300 bits per heavy atom. The number of allylic oxidation sites excluding steroid dienone is 14. The Balaban J connectivity index is 4.44. The summed E-state index contributed by atoms with van der Waals surface area (Å²) in [6.45, 7) is 6.49. The van der Waals surface area contributed by atoms with Crippen molar-refractivity contribution in [2.24, 2.45) is 0 Å². The van der Waals surface area contributed by atoms with Gasteiger partial charge in [0.05, 0.1) is 0 Å². The largest absolute Gasteiger partial charge is 0.462 e. The molecule has 0 saturated carbocycles. The minimum atomic E-state index is -0.795. The Bertz CT molecular complexity index is 1350. The van der Waals surface area contributed by atoms with Crippen LogP contribution in [0.15, 0.2) is 85.1 Å². The average molecular weight is 976 g/mol. The Labute approximate surface area is 433 Å². The van der Waals surface area contributed by atoms with Crippen LogP contribution in [0, 0.1) is 0 Å². The van der Waals surface area contributed by atoms with Gasteiger partial charge in [-0.1, -0.05) is 234 Å². The molecule has 0 aliphatic heterocycles. The summed E-state index contributed by atoms with van der Waals surface area (Å²) in [5, 5.41) is 0. The molecular formula is C64H110O6. The van der Waals surface area contributed by atoms with Crippen molar-refractivity contribution in [2.45, 2.75) is 290 Å². The second-order valence-corrected chi connectivity index (χ2v) is 19.5. The van der Waals surface area contributed by atoms with E-state index < -0.39 is 6.10 Å². The van der Waals surface area contributed by atoms with Crippen molar-refractivity contribution in [3.63, 3.8) is 0 Å². The van der Waals surface area contributed by atoms with Crippen LogP contribution in [0.5, 0.6) is 0 Å². The summed E-state index contributed by atoms with van der Waals surface area (Å²) in [7, 11) is 0. The smallest absolute Gasteiger partial charge is 0.306 e. The average Bonchev–Trinajstić information content (AvgIpc) is 3.36. The molecule has 0 N–H and O–H groups in total. The van der Waals surface area contributed by atoms with Crippen molar-refractivity contribution in [1.82, 2.24) is 0 Å². The van der Waals surface area contributed by atoms with Gasteiger partial charge in [-0.25, -0.2) is 0 Å². The van der Waals surface area contributed by atoms with Gasteiger partial charge < -0.3 is 14.2 Å². The zero-order valence-corrected chi connectivity index (χ0v) is 46.0. The summed E-state index contributed by atoms with van der Waals surface area (Å²) in [5.41, 5.74) is 0. The monoisotopic (exact) mass is 975 g/mol. The summed E-state index contributed by atoms with van der Waals surface area (Å²) in [6.07, 6.45) is 75.7. The number of esters is 3. The van der Waals surface area contributed by atoms with Crippen LogP contribution >= 0.6 is 0 Å². The summed E-state index contributed by atoms with van der Waals surface area (Å²) in [4.78, 5) is 38.2. The van der Waals surface area contributed by atoms with Crippen molar-refractivity contribution in [3.8, 4) is 0 Å². The molecule has 0 aliphatic carbocycles. The van der Waals surface area contributed by atoms with Crippen LogP contribution in [-0.2, 0) is 28.6 Å². The summed E-state index contributed by atoms with van der Waals surface area (Å²) < 4.78 is 16.9. The molecule has 0 aromatic heterocycles. The van der Waals surface area contributed by atoms with Crippen molar-refractivity contribution < 1.29 is 28.6 Å². The molecule has 1 atom stereocenters. The molecule has 402 valence electrons. The van der Waals surface area contributed by atoms with Crippen LogP contribution in [0.4, 0.5) is 0 Å². The van der Waals surface area contributed by atoms with Crippen molar-refractivity contribution >= 4 is 17.9 Å². The van der Waals surface area contributed by atoms with Gasteiger partial charge in [-0.2, -0.15) is 0 Å². The molecule has 0 amide bonds. The number of carbonyl (C=O) groups is 3. The molecule has 0 bridgehead atoms. The molecule has 0 saturated heterocycles. The minimum absolute atomic E-state index is 0.0917. The molecule has 6 heteroatoms. The van der Waals surface area contributed by atoms with E-state index in [0.29, 0.717) is 19.3 Å². The van der Waals surface area contributed by atoms with Gasteiger partial charge in [-0.15, -0.1) is 0 Å². The molecule has 0 spiro atoms. The quantitative estimate of drug-likeness (QED) is 0.0261. The van der Waals surface area contributed by atoms with Crippen LogP contribution in [0.3, 0.4) is 0 Å². The second kappa shape index (κ2) is 58.2. The SMILES string of the molecule is CC/C=C\C/C=C\C/C=C\C/C=C\C/C=C\CCCCCC(=O)OCC(COC(=O)CCCCCCC/C=C\CCCCCCC)OC(=O)CCCCCCCCCCC/C=C\CCCCCCCC. The molecule has 70 heavy (non-hydrogen) atoms. The first-order chi connectivity index (χ1) is 34.5. The van der Waals surface area contributed by atoms with Crippen LogP contribution in [0.2, 0.25) is 0 Å². The Kier molecular flexibility index (Phi) is 55.3. The second-order valence-electron chi connectivity index (χ2n) is 19.5. The van der Waals surface area contributed by atoms with Crippen molar-refractivity contribution in [2.75, 3.05) is 13.2 Å². The molecule has 0 rings (SSSR count). The van der Waals surface area contributed by atoms with E-state index in [1.54, 1.807) is 0 Å². The van der Waals surface area contributed by atoms with Gasteiger partial charge in [0.1, 0.15) is 13.2 Å². The first-order valence-electron chi connectivity index (χ1n) is 29.6. The lowest BCUT2D eigenvalue weighted by Gasteiger charge is -2.18. The number of hydrogen-bond acceptors (Lipinski definition) is 6. The lowest BCUT2D eigenvalue weighted by atomic mass is 10.1. The summed E-state index contributed by atoms with van der Waals surface area (Å²) in [5.74, 6) is -0.928. The van der Waals surface area contributed by atoms with E-state index in [4.69, 9.17) is 14.2 Å². The third-order valence-corrected chi connectivity index (χ3v) is 12.6. The third-order valence-electron chi connectivity index (χ3n) is 12.6. The van der Waals surface area contributed by atoms with E-state index in [1.807, 2.05) is 0 Å². The minimum Gasteiger partial charge on any atom is -0.462 e. The van der Waals surface area contributed by atoms with Crippen LogP contribution in [0.25, 0.3) is 0 Å². The van der Waals surface area contributed by atoms with E-state index in [0.717, 1.165) is 103 Å². The van der Waals surface area contributed by atoms with E-state index in [1.165, 1.54) is 141 Å². The highest BCUT2D eigenvalue weighted by atomic mass is 16.6. The van der Waals surface area contributed by atoms with Gasteiger partial charge >= 0.3 is 17.9 Å². The standard InChI is InChI=1S/C64H110O6/c1-4-7-10-13-16-19-22-25-28-30-32-34-36-39-42-45-48-51-54-57-63(66)69-60-61(59-68-62(65)56-53-50-47-44-41-38-27-24-21-18-15-12-9-6-3)70-64(67)58-55-52-49-46-43-40-37-35-33-31-29-26-23-20-17-14-11-8-5-2/h7,10,16,19,24-29,32,34,39,42,61H,4-6,8-9,11-15,17-18,20-23,30-31,33,35-38,40-41,43-60H2,1-3H3/b10-7-,19-16-,27-24-,28-25-,29-26-,34-32-,42-39-. The van der Waals surface area contributed by atoms with Gasteiger partial charge in [0.25, 0.3) is 0 Å². The van der Waals surface area contributed by atoms with Crippen LogP contribution < -0.4 is 0 Å².